The van der Waals surface area contributed by atoms with Gasteiger partial charge in [0.25, 0.3) is 0 Å². The van der Waals surface area contributed by atoms with Crippen LogP contribution in [0.4, 0.5) is 0 Å². The summed E-state index contributed by atoms with van der Waals surface area (Å²) in [6.07, 6.45) is 0. The molecule has 0 aliphatic rings. The van der Waals surface area contributed by atoms with Gasteiger partial charge in [0.05, 0.1) is 0 Å². The van der Waals surface area contributed by atoms with E-state index in [1.165, 1.54) is 76.5 Å². The lowest BCUT2D eigenvalue weighted by Crippen LogP contribution is -1.92. The first-order chi connectivity index (χ1) is 19.9. The zero-order valence-corrected chi connectivity index (χ0v) is 22.0. The predicted molar refractivity (Wildman–Crippen MR) is 173 cm³/mol. The number of rotatable bonds is 3. The van der Waals surface area contributed by atoms with Crippen LogP contribution in [0.25, 0.3) is 76.5 Å². The van der Waals surface area contributed by atoms with Gasteiger partial charge < -0.3 is 0 Å². The highest BCUT2D eigenvalue weighted by atomic mass is 14.2. The summed E-state index contributed by atoms with van der Waals surface area (Å²) in [7, 11) is 0. The topological polar surface area (TPSA) is 0 Å². The Balaban J connectivity index is 1.47. The third-order valence-electron chi connectivity index (χ3n) is 8.28. The summed E-state index contributed by atoms with van der Waals surface area (Å²) in [5, 5.41) is 10.3. The Morgan fingerprint density at radius 3 is 1.60 bits per heavy atom. The van der Waals surface area contributed by atoms with Crippen molar-refractivity contribution >= 4 is 43.1 Å². The van der Waals surface area contributed by atoms with E-state index in [9.17, 15) is 0 Å². The van der Waals surface area contributed by atoms with Crippen molar-refractivity contribution in [2.24, 2.45) is 0 Å². The molecule has 0 amide bonds. The molecule has 0 radical (unpaired) electrons. The van der Waals surface area contributed by atoms with E-state index < -0.39 is 0 Å². The molecular weight excluding hydrogens is 480 g/mol. The highest BCUT2D eigenvalue weighted by Gasteiger charge is 2.17. The van der Waals surface area contributed by atoms with Gasteiger partial charge >= 0.3 is 0 Å². The Bertz CT molecular complexity index is 2200. The molecule has 0 unspecified atom stereocenters. The zero-order chi connectivity index (χ0) is 26.5. The fourth-order valence-corrected chi connectivity index (χ4v) is 6.45. The standard InChI is InChI=1S/C40H26/c1-2-11-27(12-3-1)30-16-8-9-18-33(30)39-24-22-29-14-5-7-17-32(29)40(39)38-20-10-19-34-36-23-21-28-13-4-6-15-31(28)35(36)25-26-37(34)38/h1-26H. The summed E-state index contributed by atoms with van der Waals surface area (Å²) in [5.41, 5.74) is 7.53. The maximum Gasteiger partial charge on any atom is -0.00204 e. The van der Waals surface area contributed by atoms with Crippen molar-refractivity contribution in [2.75, 3.05) is 0 Å². The first-order valence-corrected chi connectivity index (χ1v) is 13.9. The van der Waals surface area contributed by atoms with Gasteiger partial charge in [0.1, 0.15) is 0 Å². The van der Waals surface area contributed by atoms with Crippen molar-refractivity contribution < 1.29 is 0 Å². The van der Waals surface area contributed by atoms with Gasteiger partial charge in [0.15, 0.2) is 0 Å². The molecule has 8 rings (SSSR count). The molecule has 0 bridgehead atoms. The van der Waals surface area contributed by atoms with Crippen molar-refractivity contribution in [1.29, 1.82) is 0 Å². The fourth-order valence-electron chi connectivity index (χ4n) is 6.45. The molecule has 8 aromatic carbocycles. The molecule has 0 saturated heterocycles. The zero-order valence-electron chi connectivity index (χ0n) is 22.0. The van der Waals surface area contributed by atoms with Crippen molar-refractivity contribution in [2.45, 2.75) is 0 Å². The molecule has 8 aromatic rings. The first kappa shape index (κ1) is 22.8. The van der Waals surface area contributed by atoms with Crippen LogP contribution in [-0.4, -0.2) is 0 Å². The highest BCUT2D eigenvalue weighted by molar-refractivity contribution is 6.21. The molecule has 40 heavy (non-hydrogen) atoms. The molecule has 0 fully saturated rings. The van der Waals surface area contributed by atoms with E-state index in [-0.39, 0.29) is 0 Å². The third kappa shape index (κ3) is 3.54. The fraction of sp³-hybridized carbons (Fsp3) is 0. The van der Waals surface area contributed by atoms with Crippen LogP contribution in [-0.2, 0) is 0 Å². The Kier molecular flexibility index (Phi) is 5.24. The normalized spacial score (nSPS) is 11.5. The number of hydrogen-bond acceptors (Lipinski definition) is 0. The summed E-state index contributed by atoms with van der Waals surface area (Å²) in [4.78, 5) is 0. The van der Waals surface area contributed by atoms with E-state index in [0.29, 0.717) is 0 Å². The van der Waals surface area contributed by atoms with E-state index in [4.69, 9.17) is 0 Å². The minimum absolute atomic E-state index is 1.23. The second kappa shape index (κ2) is 9.22. The maximum atomic E-state index is 2.33. The Morgan fingerprint density at radius 1 is 0.225 bits per heavy atom. The minimum Gasteiger partial charge on any atom is -0.0622 e. The van der Waals surface area contributed by atoms with E-state index in [1.54, 1.807) is 0 Å². The van der Waals surface area contributed by atoms with Crippen LogP contribution in [0.5, 0.6) is 0 Å². The van der Waals surface area contributed by atoms with Gasteiger partial charge in [-0.3, -0.25) is 0 Å². The third-order valence-corrected chi connectivity index (χ3v) is 8.28. The van der Waals surface area contributed by atoms with Crippen LogP contribution in [0.2, 0.25) is 0 Å². The molecule has 0 aliphatic heterocycles. The SMILES string of the molecule is c1ccc(-c2ccccc2-c2ccc3ccccc3c2-c2cccc3c2ccc2c4ccccc4ccc32)cc1. The first-order valence-electron chi connectivity index (χ1n) is 13.9. The lowest BCUT2D eigenvalue weighted by atomic mass is 9.84. The van der Waals surface area contributed by atoms with Crippen molar-refractivity contribution in [3.05, 3.63) is 158 Å². The summed E-state index contributed by atoms with van der Waals surface area (Å²) >= 11 is 0. The Hall–Kier alpha value is -5.20. The van der Waals surface area contributed by atoms with Crippen LogP contribution < -0.4 is 0 Å². The van der Waals surface area contributed by atoms with Crippen LogP contribution >= 0.6 is 0 Å². The maximum absolute atomic E-state index is 2.33. The Morgan fingerprint density at radius 2 is 0.750 bits per heavy atom. The molecule has 0 spiro atoms. The van der Waals surface area contributed by atoms with Crippen molar-refractivity contribution in [3.8, 4) is 33.4 Å². The quantitative estimate of drug-likeness (QED) is 0.209. The van der Waals surface area contributed by atoms with Crippen LogP contribution in [0, 0.1) is 0 Å². The molecule has 0 nitrogen and oxygen atoms in total. The lowest BCUT2D eigenvalue weighted by molar-refractivity contribution is 1.59. The Labute approximate surface area is 233 Å². The molecule has 186 valence electrons. The summed E-state index contributed by atoms with van der Waals surface area (Å²) in [5.74, 6) is 0. The van der Waals surface area contributed by atoms with Gasteiger partial charge in [-0.2, -0.15) is 0 Å². The average Bonchev–Trinajstić information content (AvgIpc) is 3.04. The van der Waals surface area contributed by atoms with Gasteiger partial charge in [-0.1, -0.05) is 158 Å². The number of benzene rings is 8. The molecule has 0 heteroatoms. The molecule has 0 saturated carbocycles. The molecule has 0 aliphatic carbocycles. The smallest absolute Gasteiger partial charge is 0.00204 e. The average molecular weight is 507 g/mol. The van der Waals surface area contributed by atoms with Gasteiger partial charge in [-0.25, -0.2) is 0 Å². The van der Waals surface area contributed by atoms with Crippen LogP contribution in [0.15, 0.2) is 158 Å². The second-order valence-corrected chi connectivity index (χ2v) is 10.5. The van der Waals surface area contributed by atoms with E-state index >= 15 is 0 Å². The lowest BCUT2D eigenvalue weighted by Gasteiger charge is -2.19. The predicted octanol–water partition coefficient (Wildman–Crippen LogP) is 11.3. The van der Waals surface area contributed by atoms with Crippen molar-refractivity contribution in [1.82, 2.24) is 0 Å². The summed E-state index contributed by atoms with van der Waals surface area (Å²) < 4.78 is 0. The number of fused-ring (bicyclic) bond motifs is 6. The van der Waals surface area contributed by atoms with Crippen LogP contribution in [0.1, 0.15) is 0 Å². The summed E-state index contributed by atoms with van der Waals surface area (Å²) in [6, 6.07) is 57.5. The van der Waals surface area contributed by atoms with Gasteiger partial charge in [-0.05, 0) is 76.5 Å². The molecule has 0 heterocycles. The molecule has 0 N–H and O–H groups in total. The summed E-state index contributed by atoms with van der Waals surface area (Å²) in [6.45, 7) is 0. The number of hydrogen-bond donors (Lipinski definition) is 0. The highest BCUT2D eigenvalue weighted by Crippen LogP contribution is 2.45. The van der Waals surface area contributed by atoms with Gasteiger partial charge in [0.2, 0.25) is 0 Å². The molecular formula is C40H26. The molecule has 0 atom stereocenters. The van der Waals surface area contributed by atoms with E-state index in [1.807, 2.05) is 0 Å². The van der Waals surface area contributed by atoms with Gasteiger partial charge in [-0.15, -0.1) is 0 Å². The van der Waals surface area contributed by atoms with Crippen LogP contribution in [0.3, 0.4) is 0 Å². The van der Waals surface area contributed by atoms with Crippen molar-refractivity contribution in [3.63, 3.8) is 0 Å². The molecule has 0 aromatic heterocycles. The van der Waals surface area contributed by atoms with E-state index in [0.717, 1.165) is 0 Å². The van der Waals surface area contributed by atoms with E-state index in [2.05, 4.69) is 158 Å². The minimum atomic E-state index is 1.23. The second-order valence-electron chi connectivity index (χ2n) is 10.5. The van der Waals surface area contributed by atoms with Gasteiger partial charge in [0, 0.05) is 0 Å². The monoisotopic (exact) mass is 506 g/mol. The largest absolute Gasteiger partial charge is 0.0622 e.